The first-order valence-corrected chi connectivity index (χ1v) is 13.3. The number of carbonyl (C=O) groups excluding carboxylic acids is 1. The van der Waals surface area contributed by atoms with Crippen molar-refractivity contribution in [3.8, 4) is 22.5 Å². The van der Waals surface area contributed by atoms with Crippen LogP contribution in [0.2, 0.25) is 0 Å². The highest BCUT2D eigenvalue weighted by Gasteiger charge is 2.30. The number of hydrogen-bond acceptors (Lipinski definition) is 4. The zero-order chi connectivity index (χ0) is 26.7. The normalized spacial score (nSPS) is 16.4. The van der Waals surface area contributed by atoms with Crippen LogP contribution in [0.25, 0.3) is 39.1 Å². The molecule has 6 heterocycles. The largest absolute Gasteiger partial charge is 0.345 e. The standard InChI is InChI=1S/C28H29FN8O2/c29-19-11-18-15-36(28(39)34-7-4-17(13-30)5-8-34)10-9-35-16-21(20(12-19)26(18)35)24-25(32-33-27(24)38)22-14-31-23-3-1-2-6-37(22)23/h1-3,6,11-12,14,16-17H,4-5,7-10,13,15,30H2,(H2,32,33,38). The second-order valence-corrected chi connectivity index (χ2v) is 10.5. The molecule has 2 amide bonds. The van der Waals surface area contributed by atoms with Gasteiger partial charge in [-0.1, -0.05) is 6.07 Å². The van der Waals surface area contributed by atoms with E-state index in [2.05, 4.69) is 15.2 Å². The van der Waals surface area contributed by atoms with Crippen LogP contribution >= 0.6 is 0 Å². The number of hydrogen-bond donors (Lipinski definition) is 3. The van der Waals surface area contributed by atoms with Crippen molar-refractivity contribution in [2.24, 2.45) is 11.7 Å². The van der Waals surface area contributed by atoms with Crippen LogP contribution in [0.3, 0.4) is 0 Å². The molecule has 1 saturated heterocycles. The maximum atomic E-state index is 15.1. The van der Waals surface area contributed by atoms with E-state index in [0.717, 1.165) is 35.3 Å². The maximum absolute atomic E-state index is 15.1. The zero-order valence-electron chi connectivity index (χ0n) is 21.4. The Bertz CT molecular complexity index is 1770. The molecule has 4 N–H and O–H groups in total. The summed E-state index contributed by atoms with van der Waals surface area (Å²) in [5, 5.41) is 6.37. The number of benzene rings is 1. The van der Waals surface area contributed by atoms with Crippen LogP contribution in [-0.2, 0) is 13.1 Å². The van der Waals surface area contributed by atoms with Gasteiger partial charge in [-0.2, -0.15) is 0 Å². The molecule has 2 aliphatic rings. The van der Waals surface area contributed by atoms with E-state index in [-0.39, 0.29) is 11.6 Å². The highest BCUT2D eigenvalue weighted by Crippen LogP contribution is 2.37. The number of aromatic nitrogens is 5. The number of imidazole rings is 1. The molecule has 2 aliphatic heterocycles. The lowest BCUT2D eigenvalue weighted by Crippen LogP contribution is -2.47. The lowest BCUT2D eigenvalue weighted by atomic mass is 9.97. The number of urea groups is 1. The van der Waals surface area contributed by atoms with E-state index in [4.69, 9.17) is 5.73 Å². The molecule has 11 heteroatoms. The van der Waals surface area contributed by atoms with Crippen LogP contribution in [0, 0.1) is 11.7 Å². The summed E-state index contributed by atoms with van der Waals surface area (Å²) < 4.78 is 19.0. The summed E-state index contributed by atoms with van der Waals surface area (Å²) in [7, 11) is 0. The molecule has 0 saturated carbocycles. The van der Waals surface area contributed by atoms with Crippen LogP contribution < -0.4 is 11.3 Å². The van der Waals surface area contributed by atoms with Crippen molar-refractivity contribution < 1.29 is 9.18 Å². The summed E-state index contributed by atoms with van der Waals surface area (Å²) in [6.07, 6.45) is 7.31. The number of halogens is 1. The number of nitrogens with zero attached hydrogens (tertiary/aromatic N) is 5. The lowest BCUT2D eigenvalue weighted by Gasteiger charge is -2.35. The predicted octanol–water partition coefficient (Wildman–Crippen LogP) is 3.38. The van der Waals surface area contributed by atoms with Gasteiger partial charge in [0.05, 0.1) is 28.7 Å². The third kappa shape index (κ3) is 3.84. The molecule has 4 aromatic heterocycles. The van der Waals surface area contributed by atoms with Crippen molar-refractivity contribution in [1.29, 1.82) is 0 Å². The summed E-state index contributed by atoms with van der Waals surface area (Å²) in [5.74, 6) is 0.0557. The molecule has 7 rings (SSSR count). The van der Waals surface area contributed by atoms with Crippen LogP contribution in [0.1, 0.15) is 18.4 Å². The molecule has 0 aliphatic carbocycles. The Labute approximate surface area is 222 Å². The molecule has 0 bridgehead atoms. The molecule has 200 valence electrons. The van der Waals surface area contributed by atoms with E-state index in [9.17, 15) is 9.59 Å². The van der Waals surface area contributed by atoms with Crippen molar-refractivity contribution in [2.75, 3.05) is 26.2 Å². The molecular formula is C28H29FN8O2. The number of pyridine rings is 1. The first-order valence-electron chi connectivity index (χ1n) is 13.3. The minimum Gasteiger partial charge on any atom is -0.345 e. The van der Waals surface area contributed by atoms with Gasteiger partial charge in [0.1, 0.15) is 11.5 Å². The topological polar surface area (TPSA) is 120 Å². The molecule has 0 spiro atoms. The average molecular weight is 529 g/mol. The van der Waals surface area contributed by atoms with Gasteiger partial charge in [0, 0.05) is 56.1 Å². The highest BCUT2D eigenvalue weighted by atomic mass is 19.1. The third-order valence-electron chi connectivity index (χ3n) is 8.20. The Balaban J connectivity index is 1.29. The third-order valence-corrected chi connectivity index (χ3v) is 8.20. The fraction of sp³-hybridized carbons (Fsp3) is 0.321. The number of amides is 2. The second kappa shape index (κ2) is 9.12. The number of rotatable bonds is 3. The highest BCUT2D eigenvalue weighted by molar-refractivity contribution is 6.00. The summed E-state index contributed by atoms with van der Waals surface area (Å²) in [4.78, 5) is 34.7. The number of likely N-dealkylation sites (tertiary alicyclic amines) is 1. The quantitative estimate of drug-likeness (QED) is 0.332. The number of aromatic amines is 2. The molecule has 1 aromatic carbocycles. The van der Waals surface area contributed by atoms with Crippen LogP contribution in [0.15, 0.2) is 53.7 Å². The average Bonchev–Trinajstić information content (AvgIpc) is 3.61. The van der Waals surface area contributed by atoms with Gasteiger partial charge in [0.25, 0.3) is 5.56 Å². The lowest BCUT2D eigenvalue weighted by molar-refractivity contribution is 0.130. The molecule has 5 aromatic rings. The fourth-order valence-corrected chi connectivity index (χ4v) is 6.15. The smallest absolute Gasteiger partial charge is 0.320 e. The zero-order valence-corrected chi connectivity index (χ0v) is 21.4. The molecule has 10 nitrogen and oxygen atoms in total. The molecule has 39 heavy (non-hydrogen) atoms. The molecule has 1 fully saturated rings. The van der Waals surface area contributed by atoms with Gasteiger partial charge >= 0.3 is 6.03 Å². The van der Waals surface area contributed by atoms with E-state index in [1.54, 1.807) is 11.1 Å². The van der Waals surface area contributed by atoms with Gasteiger partial charge in [0.15, 0.2) is 0 Å². The Hall–Kier alpha value is -4.38. The minimum atomic E-state index is -0.405. The predicted molar refractivity (Wildman–Crippen MR) is 146 cm³/mol. The van der Waals surface area contributed by atoms with Crippen LogP contribution in [0.5, 0.6) is 0 Å². The van der Waals surface area contributed by atoms with Crippen molar-refractivity contribution >= 4 is 22.6 Å². The van der Waals surface area contributed by atoms with E-state index >= 15 is 4.39 Å². The molecule has 0 unspecified atom stereocenters. The number of carbonyl (C=O) groups is 1. The number of fused-ring (bicyclic) bond motifs is 1. The van der Waals surface area contributed by atoms with Crippen LogP contribution in [-0.4, -0.2) is 66.2 Å². The Morgan fingerprint density at radius 1 is 1.10 bits per heavy atom. The number of nitrogens with one attached hydrogen (secondary N) is 2. The fourth-order valence-electron chi connectivity index (χ4n) is 6.15. The monoisotopic (exact) mass is 528 g/mol. The van der Waals surface area contributed by atoms with Gasteiger partial charge in [-0.3, -0.25) is 19.4 Å². The van der Waals surface area contributed by atoms with Crippen molar-refractivity contribution in [2.45, 2.75) is 25.9 Å². The van der Waals surface area contributed by atoms with Gasteiger partial charge in [-0.25, -0.2) is 14.2 Å². The first kappa shape index (κ1) is 23.7. The summed E-state index contributed by atoms with van der Waals surface area (Å²) >= 11 is 0. The Morgan fingerprint density at radius 3 is 2.77 bits per heavy atom. The second-order valence-electron chi connectivity index (χ2n) is 10.5. The molecular weight excluding hydrogens is 499 g/mol. The van der Waals surface area contributed by atoms with E-state index in [1.807, 2.05) is 44.5 Å². The summed E-state index contributed by atoms with van der Waals surface area (Å²) in [5.41, 5.74) is 10.2. The van der Waals surface area contributed by atoms with Gasteiger partial charge in [0.2, 0.25) is 0 Å². The van der Waals surface area contributed by atoms with Gasteiger partial charge in [-0.15, -0.1) is 0 Å². The summed E-state index contributed by atoms with van der Waals surface area (Å²) in [6.45, 7) is 3.35. The number of H-pyrrole nitrogens is 2. The Kier molecular flexibility index (Phi) is 5.55. The minimum absolute atomic E-state index is 0.0224. The van der Waals surface area contributed by atoms with Gasteiger partial charge in [-0.05, 0) is 55.1 Å². The maximum Gasteiger partial charge on any atom is 0.320 e. The first-order chi connectivity index (χ1) is 19.0. The summed E-state index contributed by atoms with van der Waals surface area (Å²) in [6, 6.07) is 8.65. The van der Waals surface area contributed by atoms with E-state index in [1.165, 1.54) is 12.1 Å². The van der Waals surface area contributed by atoms with Crippen molar-refractivity contribution in [1.82, 2.24) is 33.9 Å². The molecule has 0 atom stereocenters. The van der Waals surface area contributed by atoms with E-state index in [0.29, 0.717) is 67.4 Å². The SMILES string of the molecule is NCC1CCN(C(=O)N2CCn3cc(-c4c(-c5cnc6ccccn56)[nH][nH]c4=O)c4cc(F)cc(c43)C2)CC1. The Morgan fingerprint density at radius 2 is 1.95 bits per heavy atom. The van der Waals surface area contributed by atoms with E-state index < -0.39 is 5.82 Å². The molecule has 0 radical (unpaired) electrons. The van der Waals surface area contributed by atoms with Crippen LogP contribution in [0.4, 0.5) is 9.18 Å². The number of nitrogens with two attached hydrogens (primary N) is 1. The van der Waals surface area contributed by atoms with Crippen molar-refractivity contribution in [3.63, 3.8) is 0 Å². The van der Waals surface area contributed by atoms with Crippen molar-refractivity contribution in [3.05, 3.63) is 70.7 Å². The number of piperidine rings is 1. The van der Waals surface area contributed by atoms with Gasteiger partial charge < -0.3 is 20.1 Å².